The summed E-state index contributed by atoms with van der Waals surface area (Å²) >= 11 is 7.23. The molecule has 6 nitrogen and oxygen atoms in total. The number of sulfonamides is 1. The number of nitrogens with one attached hydrogen (secondary N) is 1. The van der Waals surface area contributed by atoms with Gasteiger partial charge in [0, 0.05) is 22.5 Å². The normalized spacial score (nSPS) is 11.4. The van der Waals surface area contributed by atoms with Crippen molar-refractivity contribution in [1.29, 1.82) is 0 Å². The van der Waals surface area contributed by atoms with Crippen molar-refractivity contribution < 1.29 is 17.9 Å². The summed E-state index contributed by atoms with van der Waals surface area (Å²) in [7, 11) is -0.716. The van der Waals surface area contributed by atoms with E-state index in [1.54, 1.807) is 68.6 Å². The Morgan fingerprint density at radius 1 is 1.03 bits per heavy atom. The van der Waals surface area contributed by atoms with Crippen LogP contribution in [0.2, 0.25) is 5.02 Å². The molecule has 3 aromatic carbocycles. The van der Waals surface area contributed by atoms with Crippen LogP contribution >= 0.6 is 22.9 Å². The van der Waals surface area contributed by atoms with E-state index < -0.39 is 10.0 Å². The third-order valence-electron chi connectivity index (χ3n) is 5.21. The topological polar surface area (TPSA) is 75.7 Å². The molecule has 0 unspecified atom stereocenters. The number of halogens is 1. The standard InChI is InChI=1S/C24H21ClN2O4S2/c1-15-12-20(9-10-21(15)31-3)33(29,30)27(2)19-8-11-22-16(13-19)14-23(32-22)24(28)26-18-6-4-17(25)5-7-18/h4-14H,1-3H3,(H,26,28). The molecule has 0 fully saturated rings. The van der Waals surface area contributed by atoms with Gasteiger partial charge in [-0.25, -0.2) is 8.42 Å². The van der Waals surface area contributed by atoms with Crippen LogP contribution < -0.4 is 14.4 Å². The molecule has 170 valence electrons. The molecule has 0 spiro atoms. The summed E-state index contributed by atoms with van der Waals surface area (Å²) in [6.45, 7) is 1.80. The van der Waals surface area contributed by atoms with E-state index in [4.69, 9.17) is 16.3 Å². The number of hydrogen-bond donors (Lipinski definition) is 1. The highest BCUT2D eigenvalue weighted by molar-refractivity contribution is 7.92. The lowest BCUT2D eigenvalue weighted by atomic mass is 10.2. The van der Waals surface area contributed by atoms with Gasteiger partial charge in [-0.05, 0) is 84.6 Å². The van der Waals surface area contributed by atoms with Crippen molar-refractivity contribution in [1.82, 2.24) is 0 Å². The Kier molecular flexibility index (Phi) is 6.34. The first-order chi connectivity index (χ1) is 15.7. The molecule has 0 bridgehead atoms. The predicted octanol–water partition coefficient (Wildman–Crippen LogP) is 5.95. The Labute approximate surface area is 201 Å². The van der Waals surface area contributed by atoms with Crippen LogP contribution in [0.15, 0.2) is 71.6 Å². The maximum Gasteiger partial charge on any atom is 0.265 e. The molecule has 1 aromatic heterocycles. The number of ether oxygens (including phenoxy) is 1. The minimum atomic E-state index is -3.77. The highest BCUT2D eigenvalue weighted by Gasteiger charge is 2.23. The van der Waals surface area contributed by atoms with E-state index in [0.717, 1.165) is 15.6 Å². The monoisotopic (exact) mass is 500 g/mol. The second-order valence-electron chi connectivity index (χ2n) is 7.40. The van der Waals surface area contributed by atoms with Gasteiger partial charge >= 0.3 is 0 Å². The van der Waals surface area contributed by atoms with Gasteiger partial charge in [0.1, 0.15) is 5.75 Å². The summed E-state index contributed by atoms with van der Waals surface area (Å²) in [5.41, 5.74) is 1.87. The number of nitrogens with zero attached hydrogens (tertiary/aromatic N) is 1. The van der Waals surface area contributed by atoms with Crippen LogP contribution in [0.25, 0.3) is 10.1 Å². The number of methoxy groups -OCH3 is 1. The molecule has 33 heavy (non-hydrogen) atoms. The number of rotatable bonds is 6. The highest BCUT2D eigenvalue weighted by atomic mass is 35.5. The molecule has 4 rings (SSSR count). The van der Waals surface area contributed by atoms with Crippen molar-refractivity contribution in [3.8, 4) is 5.75 Å². The average molecular weight is 501 g/mol. The molecule has 0 radical (unpaired) electrons. The number of benzene rings is 3. The van der Waals surface area contributed by atoms with Crippen molar-refractivity contribution in [3.05, 3.63) is 82.2 Å². The molecular formula is C24H21ClN2O4S2. The van der Waals surface area contributed by atoms with Crippen LogP contribution in [0.5, 0.6) is 5.75 Å². The minimum absolute atomic E-state index is 0.178. The van der Waals surface area contributed by atoms with Crippen LogP contribution in [-0.4, -0.2) is 28.5 Å². The zero-order valence-electron chi connectivity index (χ0n) is 18.1. The number of aryl methyl sites for hydroxylation is 1. The van der Waals surface area contributed by atoms with E-state index in [1.165, 1.54) is 28.8 Å². The number of amides is 1. The van der Waals surface area contributed by atoms with E-state index in [1.807, 2.05) is 6.07 Å². The summed E-state index contributed by atoms with van der Waals surface area (Å²) in [6, 6.07) is 18.7. The Hall–Kier alpha value is -3.07. The predicted molar refractivity (Wildman–Crippen MR) is 135 cm³/mol. The van der Waals surface area contributed by atoms with Crippen LogP contribution in [0.3, 0.4) is 0 Å². The van der Waals surface area contributed by atoms with Crippen molar-refractivity contribution >= 4 is 60.3 Å². The first-order valence-electron chi connectivity index (χ1n) is 9.93. The molecule has 1 N–H and O–H groups in total. The van der Waals surface area contributed by atoms with E-state index in [2.05, 4.69) is 5.32 Å². The fourth-order valence-electron chi connectivity index (χ4n) is 3.37. The molecule has 4 aromatic rings. The minimum Gasteiger partial charge on any atom is -0.496 e. The maximum absolute atomic E-state index is 13.2. The summed E-state index contributed by atoms with van der Waals surface area (Å²) in [4.78, 5) is 13.4. The van der Waals surface area contributed by atoms with Crippen molar-refractivity contribution in [3.63, 3.8) is 0 Å². The van der Waals surface area contributed by atoms with Gasteiger partial charge in [-0.1, -0.05) is 11.6 Å². The second kappa shape index (κ2) is 9.05. The van der Waals surface area contributed by atoms with Gasteiger partial charge in [0.25, 0.3) is 15.9 Å². The Bertz CT molecular complexity index is 1450. The lowest BCUT2D eigenvalue weighted by Crippen LogP contribution is -2.26. The number of fused-ring (bicyclic) bond motifs is 1. The number of thiophene rings is 1. The lowest BCUT2D eigenvalue weighted by molar-refractivity contribution is 0.103. The largest absolute Gasteiger partial charge is 0.496 e. The second-order valence-corrected chi connectivity index (χ2v) is 10.9. The Morgan fingerprint density at radius 2 is 1.76 bits per heavy atom. The van der Waals surface area contributed by atoms with Gasteiger partial charge in [-0.15, -0.1) is 11.3 Å². The fraction of sp³-hybridized carbons (Fsp3) is 0.125. The van der Waals surface area contributed by atoms with E-state index in [9.17, 15) is 13.2 Å². The smallest absolute Gasteiger partial charge is 0.265 e. The van der Waals surface area contributed by atoms with E-state index in [0.29, 0.717) is 27.0 Å². The number of anilines is 2. The summed E-state index contributed by atoms with van der Waals surface area (Å²) in [6.07, 6.45) is 0. The molecular weight excluding hydrogens is 480 g/mol. The fourth-order valence-corrected chi connectivity index (χ4v) is 5.71. The van der Waals surface area contributed by atoms with Crippen LogP contribution in [0, 0.1) is 6.92 Å². The van der Waals surface area contributed by atoms with E-state index in [-0.39, 0.29) is 10.8 Å². The molecule has 0 aliphatic rings. The van der Waals surface area contributed by atoms with Crippen LogP contribution in [0.1, 0.15) is 15.2 Å². The molecule has 9 heteroatoms. The molecule has 0 aliphatic carbocycles. The quantitative estimate of drug-likeness (QED) is 0.355. The van der Waals surface area contributed by atoms with Gasteiger partial charge in [0.15, 0.2) is 0 Å². The number of carbonyl (C=O) groups excluding carboxylic acids is 1. The van der Waals surface area contributed by atoms with Crippen LogP contribution in [0.4, 0.5) is 11.4 Å². The summed E-state index contributed by atoms with van der Waals surface area (Å²) in [5.74, 6) is 0.385. The molecule has 0 saturated heterocycles. The Balaban J connectivity index is 1.60. The molecule has 0 aliphatic heterocycles. The lowest BCUT2D eigenvalue weighted by Gasteiger charge is -2.20. The van der Waals surface area contributed by atoms with Gasteiger partial charge < -0.3 is 10.1 Å². The Morgan fingerprint density at radius 3 is 2.42 bits per heavy atom. The first-order valence-corrected chi connectivity index (χ1v) is 12.6. The number of hydrogen-bond acceptors (Lipinski definition) is 5. The molecule has 0 saturated carbocycles. The first kappa shape index (κ1) is 23.1. The third-order valence-corrected chi connectivity index (χ3v) is 8.36. The zero-order chi connectivity index (χ0) is 23.8. The van der Waals surface area contributed by atoms with E-state index >= 15 is 0 Å². The zero-order valence-corrected chi connectivity index (χ0v) is 20.5. The number of carbonyl (C=O) groups is 1. The maximum atomic E-state index is 13.2. The van der Waals surface area contributed by atoms with Gasteiger partial charge in [0.2, 0.25) is 0 Å². The van der Waals surface area contributed by atoms with Crippen LogP contribution in [-0.2, 0) is 10.0 Å². The average Bonchev–Trinajstić information content (AvgIpc) is 3.23. The van der Waals surface area contributed by atoms with Gasteiger partial charge in [-0.2, -0.15) is 0 Å². The molecule has 1 amide bonds. The summed E-state index contributed by atoms with van der Waals surface area (Å²) in [5, 5.41) is 4.21. The third kappa shape index (κ3) is 4.68. The summed E-state index contributed by atoms with van der Waals surface area (Å²) < 4.78 is 33.7. The SMILES string of the molecule is COc1ccc(S(=O)(=O)N(C)c2ccc3sc(C(=O)Nc4ccc(Cl)cc4)cc3c2)cc1C. The van der Waals surface area contributed by atoms with Gasteiger partial charge in [0.05, 0.1) is 22.6 Å². The van der Waals surface area contributed by atoms with Crippen molar-refractivity contribution in [2.45, 2.75) is 11.8 Å². The molecule has 1 heterocycles. The van der Waals surface area contributed by atoms with Crippen molar-refractivity contribution in [2.24, 2.45) is 0 Å². The molecule has 0 atom stereocenters. The van der Waals surface area contributed by atoms with Gasteiger partial charge in [-0.3, -0.25) is 9.10 Å². The van der Waals surface area contributed by atoms with Crippen molar-refractivity contribution in [2.75, 3.05) is 23.8 Å². The highest BCUT2D eigenvalue weighted by Crippen LogP contribution is 2.32.